The number of hydrogen-bond donors (Lipinski definition) is 2. The van der Waals surface area contributed by atoms with E-state index in [4.69, 9.17) is 0 Å². The van der Waals surface area contributed by atoms with Gasteiger partial charge in [0.2, 0.25) is 11.8 Å². The molecule has 0 aliphatic heterocycles. The Kier molecular flexibility index (Phi) is 5.29. The normalized spacial score (nSPS) is 15.2. The fourth-order valence-corrected chi connectivity index (χ4v) is 2.68. The summed E-state index contributed by atoms with van der Waals surface area (Å²) in [5.41, 5.74) is 0.989. The van der Waals surface area contributed by atoms with Crippen molar-refractivity contribution < 1.29 is 9.59 Å². The SMILES string of the molecule is CCN(CC)c1ccc(NC(=O)C2(C(=O)NC(C)C)CC2)cc1. The number of nitrogens with one attached hydrogen (secondary N) is 2. The van der Waals surface area contributed by atoms with E-state index in [1.165, 1.54) is 0 Å². The first kappa shape index (κ1) is 17.3. The van der Waals surface area contributed by atoms with Crippen LogP contribution in [0.15, 0.2) is 24.3 Å². The van der Waals surface area contributed by atoms with Crippen molar-refractivity contribution >= 4 is 23.2 Å². The van der Waals surface area contributed by atoms with Crippen LogP contribution in [0, 0.1) is 5.41 Å². The summed E-state index contributed by atoms with van der Waals surface area (Å²) in [4.78, 5) is 26.9. The number of nitrogens with zero attached hydrogens (tertiary/aromatic N) is 1. The molecule has 2 N–H and O–H groups in total. The van der Waals surface area contributed by atoms with Crippen molar-refractivity contribution in [1.29, 1.82) is 0 Å². The van der Waals surface area contributed by atoms with Crippen LogP contribution in [0.25, 0.3) is 0 Å². The minimum absolute atomic E-state index is 0.0427. The minimum atomic E-state index is -0.873. The molecule has 2 rings (SSSR count). The van der Waals surface area contributed by atoms with Gasteiger partial charge in [-0.05, 0) is 64.8 Å². The van der Waals surface area contributed by atoms with Crippen molar-refractivity contribution in [3.05, 3.63) is 24.3 Å². The van der Waals surface area contributed by atoms with E-state index in [0.717, 1.165) is 24.5 Å². The molecule has 126 valence electrons. The Labute approximate surface area is 138 Å². The number of carbonyl (C=O) groups is 2. The van der Waals surface area contributed by atoms with Crippen molar-refractivity contribution in [2.75, 3.05) is 23.3 Å². The van der Waals surface area contributed by atoms with Crippen LogP contribution < -0.4 is 15.5 Å². The van der Waals surface area contributed by atoms with Crippen LogP contribution in [-0.4, -0.2) is 30.9 Å². The highest BCUT2D eigenvalue weighted by Gasteiger charge is 2.56. The van der Waals surface area contributed by atoms with Crippen LogP contribution in [-0.2, 0) is 9.59 Å². The van der Waals surface area contributed by atoms with E-state index in [1.54, 1.807) is 0 Å². The van der Waals surface area contributed by atoms with Crippen molar-refractivity contribution in [3.8, 4) is 0 Å². The quantitative estimate of drug-likeness (QED) is 0.760. The third-order valence-electron chi connectivity index (χ3n) is 4.29. The fraction of sp³-hybridized carbons (Fsp3) is 0.556. The highest BCUT2D eigenvalue weighted by atomic mass is 16.2. The van der Waals surface area contributed by atoms with Crippen LogP contribution in [0.5, 0.6) is 0 Å². The summed E-state index contributed by atoms with van der Waals surface area (Å²) in [7, 11) is 0. The average Bonchev–Trinajstić information content (AvgIpc) is 3.31. The lowest BCUT2D eigenvalue weighted by atomic mass is 10.0. The van der Waals surface area contributed by atoms with E-state index in [9.17, 15) is 9.59 Å². The summed E-state index contributed by atoms with van der Waals surface area (Å²) in [5, 5.41) is 5.73. The van der Waals surface area contributed by atoms with E-state index in [-0.39, 0.29) is 17.9 Å². The van der Waals surface area contributed by atoms with Gasteiger partial charge < -0.3 is 15.5 Å². The zero-order valence-electron chi connectivity index (χ0n) is 14.5. The molecule has 1 aliphatic carbocycles. The second kappa shape index (κ2) is 7.02. The average molecular weight is 317 g/mol. The van der Waals surface area contributed by atoms with Crippen LogP contribution in [0.3, 0.4) is 0 Å². The molecule has 1 fully saturated rings. The number of anilines is 2. The van der Waals surface area contributed by atoms with Crippen molar-refractivity contribution in [2.45, 2.75) is 46.6 Å². The summed E-state index contributed by atoms with van der Waals surface area (Å²) in [6, 6.07) is 7.82. The number of hydrogen-bond acceptors (Lipinski definition) is 3. The first-order valence-electron chi connectivity index (χ1n) is 8.40. The highest BCUT2D eigenvalue weighted by Crippen LogP contribution is 2.47. The number of carbonyl (C=O) groups excluding carboxylic acids is 2. The lowest BCUT2D eigenvalue weighted by Crippen LogP contribution is -2.42. The molecule has 0 spiro atoms. The molecule has 0 atom stereocenters. The number of rotatable bonds is 7. The van der Waals surface area contributed by atoms with Crippen LogP contribution in [0.2, 0.25) is 0 Å². The van der Waals surface area contributed by atoms with Gasteiger partial charge in [0.25, 0.3) is 0 Å². The van der Waals surface area contributed by atoms with Gasteiger partial charge in [-0.15, -0.1) is 0 Å². The van der Waals surface area contributed by atoms with Crippen molar-refractivity contribution in [2.24, 2.45) is 5.41 Å². The zero-order chi connectivity index (χ0) is 17.0. The van der Waals surface area contributed by atoms with Gasteiger partial charge in [0.1, 0.15) is 5.41 Å². The molecule has 1 saturated carbocycles. The third kappa shape index (κ3) is 3.84. The Bertz CT molecular complexity index is 558. The summed E-state index contributed by atoms with van der Waals surface area (Å²) < 4.78 is 0. The Morgan fingerprint density at radius 3 is 2.09 bits per heavy atom. The molecule has 0 saturated heterocycles. The highest BCUT2D eigenvalue weighted by molar-refractivity contribution is 6.13. The Balaban J connectivity index is 2.02. The van der Waals surface area contributed by atoms with Gasteiger partial charge in [-0.3, -0.25) is 9.59 Å². The molecular formula is C18H27N3O2. The molecule has 0 aromatic heterocycles. The second-order valence-electron chi connectivity index (χ2n) is 6.38. The Hall–Kier alpha value is -2.04. The van der Waals surface area contributed by atoms with E-state index in [2.05, 4.69) is 29.4 Å². The molecule has 0 bridgehead atoms. The van der Waals surface area contributed by atoms with Gasteiger partial charge in [0, 0.05) is 30.5 Å². The predicted octanol–water partition coefficient (Wildman–Crippen LogP) is 2.78. The molecule has 0 radical (unpaired) electrons. The standard InChI is InChI=1S/C18H27N3O2/c1-5-21(6-2)15-9-7-14(8-10-15)20-17(23)18(11-12-18)16(22)19-13(3)4/h7-10,13H,5-6,11-12H2,1-4H3,(H,19,22)(H,20,23). The van der Waals surface area contributed by atoms with E-state index in [1.807, 2.05) is 38.1 Å². The summed E-state index contributed by atoms with van der Waals surface area (Å²) in [6.07, 6.45) is 1.24. The van der Waals surface area contributed by atoms with Crippen LogP contribution in [0.1, 0.15) is 40.5 Å². The molecule has 5 heteroatoms. The molecule has 5 nitrogen and oxygen atoms in total. The van der Waals surface area contributed by atoms with E-state index in [0.29, 0.717) is 12.8 Å². The molecular weight excluding hydrogens is 290 g/mol. The summed E-state index contributed by atoms with van der Waals surface area (Å²) in [6.45, 7) is 9.92. The first-order chi connectivity index (χ1) is 10.9. The predicted molar refractivity (Wildman–Crippen MR) is 93.6 cm³/mol. The minimum Gasteiger partial charge on any atom is -0.372 e. The fourth-order valence-electron chi connectivity index (χ4n) is 2.68. The largest absolute Gasteiger partial charge is 0.372 e. The van der Waals surface area contributed by atoms with Gasteiger partial charge >= 0.3 is 0 Å². The van der Waals surface area contributed by atoms with Gasteiger partial charge in [-0.2, -0.15) is 0 Å². The Morgan fingerprint density at radius 2 is 1.65 bits per heavy atom. The number of benzene rings is 1. The maximum Gasteiger partial charge on any atom is 0.240 e. The molecule has 1 aliphatic rings. The molecule has 1 aromatic carbocycles. The van der Waals surface area contributed by atoms with Gasteiger partial charge in [-0.25, -0.2) is 0 Å². The first-order valence-corrected chi connectivity index (χ1v) is 8.40. The zero-order valence-corrected chi connectivity index (χ0v) is 14.5. The molecule has 0 heterocycles. The third-order valence-corrected chi connectivity index (χ3v) is 4.29. The molecule has 2 amide bonds. The topological polar surface area (TPSA) is 61.4 Å². The van der Waals surface area contributed by atoms with Gasteiger partial charge in [-0.1, -0.05) is 0 Å². The molecule has 1 aromatic rings. The van der Waals surface area contributed by atoms with E-state index < -0.39 is 5.41 Å². The van der Waals surface area contributed by atoms with Gasteiger partial charge in [0.15, 0.2) is 0 Å². The van der Waals surface area contributed by atoms with E-state index >= 15 is 0 Å². The molecule has 0 unspecified atom stereocenters. The van der Waals surface area contributed by atoms with Crippen molar-refractivity contribution in [3.63, 3.8) is 0 Å². The van der Waals surface area contributed by atoms with Gasteiger partial charge in [0.05, 0.1) is 0 Å². The maximum absolute atomic E-state index is 12.5. The monoisotopic (exact) mass is 317 g/mol. The summed E-state index contributed by atoms with van der Waals surface area (Å²) in [5.74, 6) is -0.365. The lowest BCUT2D eigenvalue weighted by Gasteiger charge is -2.21. The second-order valence-corrected chi connectivity index (χ2v) is 6.38. The number of amides is 2. The summed E-state index contributed by atoms with van der Waals surface area (Å²) >= 11 is 0. The maximum atomic E-state index is 12.5. The van der Waals surface area contributed by atoms with Crippen LogP contribution in [0.4, 0.5) is 11.4 Å². The lowest BCUT2D eigenvalue weighted by molar-refractivity contribution is -0.134. The molecule has 23 heavy (non-hydrogen) atoms. The smallest absolute Gasteiger partial charge is 0.240 e. The Morgan fingerprint density at radius 1 is 1.09 bits per heavy atom. The van der Waals surface area contributed by atoms with Crippen LogP contribution >= 0.6 is 0 Å². The van der Waals surface area contributed by atoms with Crippen molar-refractivity contribution in [1.82, 2.24) is 5.32 Å².